The van der Waals surface area contributed by atoms with E-state index in [9.17, 15) is 4.79 Å². The largest absolute Gasteiger partial charge is 0.342 e. The SMILES string of the molecule is CCN1CCC(Cn2c(=O)[nH][nH]c2=S)CC1. The Morgan fingerprint density at radius 3 is 2.56 bits per heavy atom. The average molecular weight is 242 g/mol. The van der Waals surface area contributed by atoms with Crippen LogP contribution in [0.5, 0.6) is 0 Å². The van der Waals surface area contributed by atoms with Gasteiger partial charge in [0.05, 0.1) is 0 Å². The van der Waals surface area contributed by atoms with Gasteiger partial charge in [-0.25, -0.2) is 9.89 Å². The molecule has 1 aromatic heterocycles. The second-order valence-corrected chi connectivity index (χ2v) is 4.74. The highest BCUT2D eigenvalue weighted by Crippen LogP contribution is 2.18. The summed E-state index contributed by atoms with van der Waals surface area (Å²) in [5.41, 5.74) is -0.122. The molecule has 0 atom stereocenters. The average Bonchev–Trinajstić information content (AvgIpc) is 2.62. The number of aromatic nitrogens is 3. The van der Waals surface area contributed by atoms with Crippen LogP contribution in [0.4, 0.5) is 0 Å². The van der Waals surface area contributed by atoms with Crippen molar-refractivity contribution in [1.29, 1.82) is 0 Å². The summed E-state index contributed by atoms with van der Waals surface area (Å²) in [5.74, 6) is 0.575. The van der Waals surface area contributed by atoms with Gasteiger partial charge in [-0.2, -0.15) is 0 Å². The van der Waals surface area contributed by atoms with E-state index in [1.807, 2.05) is 0 Å². The van der Waals surface area contributed by atoms with Gasteiger partial charge in [-0.3, -0.25) is 9.67 Å². The zero-order valence-corrected chi connectivity index (χ0v) is 10.3. The van der Waals surface area contributed by atoms with Crippen molar-refractivity contribution in [3.63, 3.8) is 0 Å². The number of piperidine rings is 1. The molecule has 0 radical (unpaired) electrons. The van der Waals surface area contributed by atoms with Crippen molar-refractivity contribution in [2.45, 2.75) is 26.3 Å². The lowest BCUT2D eigenvalue weighted by molar-refractivity contribution is 0.180. The van der Waals surface area contributed by atoms with Gasteiger partial charge in [0.1, 0.15) is 0 Å². The Kier molecular flexibility index (Phi) is 3.60. The van der Waals surface area contributed by atoms with Crippen LogP contribution in [-0.2, 0) is 6.54 Å². The van der Waals surface area contributed by atoms with Crippen LogP contribution in [0.3, 0.4) is 0 Å². The minimum absolute atomic E-state index is 0.122. The van der Waals surface area contributed by atoms with Crippen molar-refractivity contribution >= 4 is 12.2 Å². The molecule has 0 aromatic carbocycles. The number of H-pyrrole nitrogens is 2. The van der Waals surface area contributed by atoms with E-state index >= 15 is 0 Å². The van der Waals surface area contributed by atoms with Gasteiger partial charge in [0.15, 0.2) is 4.77 Å². The van der Waals surface area contributed by atoms with Gasteiger partial charge in [-0.1, -0.05) is 6.92 Å². The number of rotatable bonds is 3. The van der Waals surface area contributed by atoms with Gasteiger partial charge in [0.2, 0.25) is 0 Å². The lowest BCUT2D eigenvalue weighted by Gasteiger charge is -2.30. The summed E-state index contributed by atoms with van der Waals surface area (Å²) in [4.78, 5) is 13.9. The molecule has 0 aliphatic carbocycles. The van der Waals surface area contributed by atoms with Gasteiger partial charge in [-0.15, -0.1) is 0 Å². The van der Waals surface area contributed by atoms with E-state index in [1.165, 1.54) is 0 Å². The number of nitrogens with zero attached hydrogens (tertiary/aromatic N) is 2. The van der Waals surface area contributed by atoms with E-state index in [2.05, 4.69) is 22.0 Å². The molecule has 1 fully saturated rings. The van der Waals surface area contributed by atoms with E-state index in [-0.39, 0.29) is 5.69 Å². The molecule has 90 valence electrons. The maximum Gasteiger partial charge on any atom is 0.342 e. The molecule has 0 spiro atoms. The fraction of sp³-hybridized carbons (Fsp3) is 0.800. The van der Waals surface area contributed by atoms with Gasteiger partial charge in [-0.05, 0) is 50.6 Å². The summed E-state index contributed by atoms with van der Waals surface area (Å²) in [5, 5.41) is 5.19. The topological polar surface area (TPSA) is 56.8 Å². The Hall–Kier alpha value is -0.880. The molecule has 2 N–H and O–H groups in total. The zero-order valence-electron chi connectivity index (χ0n) is 9.53. The van der Waals surface area contributed by atoms with Crippen molar-refractivity contribution < 1.29 is 0 Å². The predicted molar refractivity (Wildman–Crippen MR) is 65.1 cm³/mol. The minimum atomic E-state index is -0.122. The molecule has 0 bridgehead atoms. The van der Waals surface area contributed by atoms with Crippen LogP contribution >= 0.6 is 12.2 Å². The number of hydrogen-bond donors (Lipinski definition) is 2. The quantitative estimate of drug-likeness (QED) is 0.776. The predicted octanol–water partition coefficient (Wildman–Crippen LogP) is 0.966. The van der Waals surface area contributed by atoms with Crippen LogP contribution in [0.1, 0.15) is 19.8 Å². The highest BCUT2D eigenvalue weighted by molar-refractivity contribution is 7.71. The number of aromatic amines is 2. The molecule has 1 aliphatic heterocycles. The van der Waals surface area contributed by atoms with Crippen LogP contribution in [0.15, 0.2) is 4.79 Å². The van der Waals surface area contributed by atoms with E-state index in [4.69, 9.17) is 12.2 Å². The highest BCUT2D eigenvalue weighted by atomic mass is 32.1. The summed E-state index contributed by atoms with van der Waals surface area (Å²) >= 11 is 5.05. The Morgan fingerprint density at radius 1 is 1.38 bits per heavy atom. The molecule has 5 nitrogen and oxygen atoms in total. The van der Waals surface area contributed by atoms with Gasteiger partial charge in [0.25, 0.3) is 0 Å². The summed E-state index contributed by atoms with van der Waals surface area (Å²) in [7, 11) is 0. The highest BCUT2D eigenvalue weighted by Gasteiger charge is 2.19. The minimum Gasteiger partial charge on any atom is -0.304 e. The van der Waals surface area contributed by atoms with Crippen molar-refractivity contribution in [3.8, 4) is 0 Å². The second kappa shape index (κ2) is 4.97. The van der Waals surface area contributed by atoms with E-state index in [0.29, 0.717) is 10.7 Å². The molecule has 6 heteroatoms. The molecular formula is C10H18N4OS. The second-order valence-electron chi connectivity index (χ2n) is 4.35. The first kappa shape index (κ1) is 11.6. The molecular weight excluding hydrogens is 224 g/mol. The smallest absolute Gasteiger partial charge is 0.304 e. The third-order valence-corrected chi connectivity index (χ3v) is 3.68. The van der Waals surface area contributed by atoms with Crippen LogP contribution < -0.4 is 5.69 Å². The van der Waals surface area contributed by atoms with E-state index in [0.717, 1.165) is 39.0 Å². The van der Waals surface area contributed by atoms with E-state index < -0.39 is 0 Å². The first-order valence-corrected chi connectivity index (χ1v) is 6.21. The number of hydrogen-bond acceptors (Lipinski definition) is 3. The molecule has 2 heterocycles. The summed E-state index contributed by atoms with van der Waals surface area (Å²) < 4.78 is 2.13. The Bertz CT molecular complexity index is 411. The van der Waals surface area contributed by atoms with Gasteiger partial charge >= 0.3 is 5.69 Å². The van der Waals surface area contributed by atoms with Crippen molar-refractivity contribution in [3.05, 3.63) is 15.3 Å². The van der Waals surface area contributed by atoms with Crippen molar-refractivity contribution in [2.75, 3.05) is 19.6 Å². The number of nitrogens with one attached hydrogen (secondary N) is 2. The first-order valence-electron chi connectivity index (χ1n) is 5.80. The molecule has 0 saturated carbocycles. The molecule has 16 heavy (non-hydrogen) atoms. The molecule has 2 rings (SSSR count). The molecule has 1 aliphatic rings. The monoisotopic (exact) mass is 242 g/mol. The van der Waals surface area contributed by atoms with Crippen LogP contribution in [0.25, 0.3) is 0 Å². The zero-order chi connectivity index (χ0) is 11.5. The fourth-order valence-electron chi connectivity index (χ4n) is 2.24. The van der Waals surface area contributed by atoms with Crippen LogP contribution in [0, 0.1) is 10.7 Å². The summed E-state index contributed by atoms with van der Waals surface area (Å²) in [6, 6.07) is 0. The summed E-state index contributed by atoms with van der Waals surface area (Å²) in [6.07, 6.45) is 2.31. The maximum atomic E-state index is 11.4. The molecule has 1 aromatic rings. The third-order valence-electron chi connectivity index (χ3n) is 3.36. The molecule has 0 unspecified atom stereocenters. The fourth-order valence-corrected chi connectivity index (χ4v) is 2.45. The molecule has 1 saturated heterocycles. The lowest BCUT2D eigenvalue weighted by Crippen LogP contribution is -2.35. The standard InChI is InChI=1S/C10H18N4OS/c1-2-13-5-3-8(4-6-13)7-14-9(15)11-12-10(14)16/h8H,2-7H2,1H3,(H,11,15)(H,12,16). The Balaban J connectivity index is 1.97. The lowest BCUT2D eigenvalue weighted by atomic mass is 9.97. The van der Waals surface area contributed by atoms with Crippen molar-refractivity contribution in [2.24, 2.45) is 5.92 Å². The van der Waals surface area contributed by atoms with Crippen molar-refractivity contribution in [1.82, 2.24) is 19.7 Å². The maximum absolute atomic E-state index is 11.4. The molecule has 0 amide bonds. The van der Waals surface area contributed by atoms with Crippen LogP contribution in [0.2, 0.25) is 0 Å². The Labute approximate surface area is 99.5 Å². The van der Waals surface area contributed by atoms with Gasteiger partial charge < -0.3 is 4.90 Å². The number of likely N-dealkylation sites (tertiary alicyclic amines) is 1. The first-order chi connectivity index (χ1) is 7.70. The third kappa shape index (κ3) is 2.44. The summed E-state index contributed by atoms with van der Waals surface area (Å²) in [6.45, 7) is 6.33. The normalized spacial score (nSPS) is 19.1. The van der Waals surface area contributed by atoms with Crippen LogP contribution in [-0.4, -0.2) is 39.3 Å². The van der Waals surface area contributed by atoms with E-state index in [1.54, 1.807) is 4.57 Å². The Morgan fingerprint density at radius 2 is 2.06 bits per heavy atom. The van der Waals surface area contributed by atoms with Gasteiger partial charge in [0, 0.05) is 6.54 Å².